The quantitative estimate of drug-likeness (QED) is 0.464. The third-order valence-electron chi connectivity index (χ3n) is 1.34. The summed E-state index contributed by atoms with van der Waals surface area (Å²) >= 11 is 4.41. The molecule has 0 atom stereocenters. The van der Waals surface area contributed by atoms with Gasteiger partial charge in [0.15, 0.2) is 0 Å². The van der Waals surface area contributed by atoms with E-state index < -0.39 is 27.7 Å². The Labute approximate surface area is 86.4 Å². The van der Waals surface area contributed by atoms with Crippen LogP contribution in [0.3, 0.4) is 0 Å². The molecule has 0 unspecified atom stereocenters. The van der Waals surface area contributed by atoms with Crippen LogP contribution in [0.4, 0.5) is 18.9 Å². The van der Waals surface area contributed by atoms with Crippen LogP contribution in [0.25, 0.3) is 0 Å². The third kappa shape index (κ3) is 3.28. The fourth-order valence-corrected chi connectivity index (χ4v) is 0.927. The first-order valence-corrected chi connectivity index (χ1v) is 3.87. The monoisotopic (exact) mass is 241 g/mol. The molecule has 0 radical (unpaired) electrons. The van der Waals surface area contributed by atoms with Gasteiger partial charge in [0.25, 0.3) is 0 Å². The fourth-order valence-electron chi connectivity index (χ4n) is 0.844. The summed E-state index contributed by atoms with van der Waals surface area (Å²) in [7, 11) is 0. The van der Waals surface area contributed by atoms with E-state index in [0.717, 1.165) is 6.07 Å². The molecule has 0 spiro atoms. The Morgan fingerprint density at radius 3 is 2.53 bits per heavy atom. The zero-order valence-corrected chi connectivity index (χ0v) is 7.67. The van der Waals surface area contributed by atoms with Crippen LogP contribution < -0.4 is 4.74 Å². The van der Waals surface area contributed by atoms with Gasteiger partial charge in [-0.2, -0.15) is 0 Å². The number of alkyl halides is 3. The summed E-state index contributed by atoms with van der Waals surface area (Å²) in [6.07, 6.45) is 0. The molecule has 0 bridgehead atoms. The molecule has 0 N–H and O–H groups in total. The van der Waals surface area contributed by atoms with E-state index in [2.05, 4.69) is 16.3 Å². The first kappa shape index (κ1) is 11.6. The number of ether oxygens (including phenoxy) is 1. The zero-order valence-electron chi connectivity index (χ0n) is 6.92. The number of nitro benzene ring substituents is 1. The molecule has 4 nitrogen and oxygen atoms in total. The van der Waals surface area contributed by atoms with E-state index in [1.807, 2.05) is 0 Å². The number of benzene rings is 1. The van der Waals surface area contributed by atoms with Crippen molar-refractivity contribution in [2.24, 2.45) is 0 Å². The Kier molecular flexibility index (Phi) is 3.04. The highest BCUT2D eigenvalue weighted by Gasteiger charge is 2.31. The van der Waals surface area contributed by atoms with Crippen molar-refractivity contribution in [3.8, 4) is 5.75 Å². The molecular formula is C7H3ClF3NO3. The maximum Gasteiger partial charge on any atom is 0.487 e. The highest BCUT2D eigenvalue weighted by molar-refractivity contribution is 6.20. The molecule has 15 heavy (non-hydrogen) atoms. The Morgan fingerprint density at radius 2 is 2.07 bits per heavy atom. The van der Waals surface area contributed by atoms with E-state index in [9.17, 15) is 23.3 Å². The lowest BCUT2D eigenvalue weighted by atomic mass is 10.3. The first-order chi connectivity index (χ1) is 6.79. The molecule has 8 heteroatoms. The minimum atomic E-state index is -4.08. The summed E-state index contributed by atoms with van der Waals surface area (Å²) in [4.78, 5) is 9.28. The SMILES string of the molecule is O=[N+]([O-])c1cc(F)ccc1OC(F)(F)Cl. The maximum absolute atomic E-state index is 12.6. The molecule has 0 heterocycles. The summed E-state index contributed by atoms with van der Waals surface area (Å²) in [6, 6.07) is 1.90. The minimum absolute atomic E-state index is 0.456. The molecule has 1 rings (SSSR count). The first-order valence-electron chi connectivity index (χ1n) is 3.49. The van der Waals surface area contributed by atoms with Crippen molar-refractivity contribution in [2.75, 3.05) is 0 Å². The van der Waals surface area contributed by atoms with Crippen molar-refractivity contribution >= 4 is 17.3 Å². The highest BCUT2D eigenvalue weighted by Crippen LogP contribution is 2.33. The van der Waals surface area contributed by atoms with Crippen molar-refractivity contribution in [3.05, 3.63) is 34.1 Å². The van der Waals surface area contributed by atoms with Crippen LogP contribution in [0.5, 0.6) is 5.75 Å². The van der Waals surface area contributed by atoms with Crippen molar-refractivity contribution in [1.82, 2.24) is 0 Å². The predicted molar refractivity (Wildman–Crippen MR) is 44.5 cm³/mol. The number of nitrogens with zero attached hydrogens (tertiary/aromatic N) is 1. The zero-order chi connectivity index (χ0) is 11.6. The molecule has 0 aliphatic rings. The molecule has 82 valence electrons. The van der Waals surface area contributed by atoms with E-state index in [1.165, 1.54) is 0 Å². The molecule has 0 aromatic heterocycles. The second-order valence-corrected chi connectivity index (χ2v) is 2.86. The molecule has 1 aromatic carbocycles. The average Bonchev–Trinajstić information content (AvgIpc) is 2.05. The lowest BCUT2D eigenvalue weighted by molar-refractivity contribution is -0.386. The number of halogens is 4. The number of hydrogen-bond acceptors (Lipinski definition) is 3. The number of rotatable bonds is 3. The lowest BCUT2D eigenvalue weighted by Gasteiger charge is -2.10. The Balaban J connectivity index is 3.12. The Morgan fingerprint density at radius 1 is 1.47 bits per heavy atom. The van der Waals surface area contributed by atoms with E-state index in [1.54, 1.807) is 0 Å². The van der Waals surface area contributed by atoms with Gasteiger partial charge in [-0.15, -0.1) is 8.78 Å². The number of hydrogen-bond donors (Lipinski definition) is 0. The standard InChI is InChI=1S/C7H3ClF3NO3/c8-7(10,11)15-6-2-1-4(9)3-5(6)12(13)14/h1-3H. The van der Waals surface area contributed by atoms with Gasteiger partial charge in [0, 0.05) is 11.6 Å². The van der Waals surface area contributed by atoms with Gasteiger partial charge in [0.2, 0.25) is 5.75 Å². The summed E-state index contributed by atoms with van der Waals surface area (Å²) in [5.74, 6) is -1.74. The van der Waals surface area contributed by atoms with Crippen molar-refractivity contribution in [1.29, 1.82) is 0 Å². The fraction of sp³-hybridized carbons (Fsp3) is 0.143. The van der Waals surface area contributed by atoms with Gasteiger partial charge in [-0.1, -0.05) is 0 Å². The van der Waals surface area contributed by atoms with Crippen molar-refractivity contribution < 1.29 is 22.8 Å². The minimum Gasteiger partial charge on any atom is -0.413 e. The van der Waals surface area contributed by atoms with Crippen LogP contribution >= 0.6 is 11.6 Å². The van der Waals surface area contributed by atoms with Gasteiger partial charge in [-0.25, -0.2) is 4.39 Å². The largest absolute Gasteiger partial charge is 0.487 e. The second-order valence-electron chi connectivity index (χ2n) is 2.42. The molecule has 1 aromatic rings. The summed E-state index contributed by atoms with van der Waals surface area (Å²) in [6.45, 7) is 0. The maximum atomic E-state index is 12.6. The van der Waals surface area contributed by atoms with Gasteiger partial charge < -0.3 is 4.74 Å². The van der Waals surface area contributed by atoms with E-state index in [0.29, 0.717) is 12.1 Å². The van der Waals surface area contributed by atoms with Crippen LogP contribution in [0.2, 0.25) is 0 Å². The van der Waals surface area contributed by atoms with Crippen LogP contribution in [-0.2, 0) is 0 Å². The van der Waals surface area contributed by atoms with E-state index >= 15 is 0 Å². The summed E-state index contributed by atoms with van der Waals surface area (Å²) in [5, 5.41) is 10.3. The Bertz CT molecular complexity index is 394. The van der Waals surface area contributed by atoms with Crippen LogP contribution in [0.15, 0.2) is 18.2 Å². The second kappa shape index (κ2) is 3.93. The van der Waals surface area contributed by atoms with Gasteiger partial charge >= 0.3 is 11.3 Å². The Hall–Kier alpha value is -1.50. The van der Waals surface area contributed by atoms with E-state index in [-0.39, 0.29) is 0 Å². The van der Waals surface area contributed by atoms with Crippen LogP contribution in [-0.4, -0.2) is 10.5 Å². The van der Waals surface area contributed by atoms with Gasteiger partial charge in [0.1, 0.15) is 5.82 Å². The topological polar surface area (TPSA) is 52.4 Å². The van der Waals surface area contributed by atoms with Gasteiger partial charge in [0.05, 0.1) is 11.0 Å². The van der Waals surface area contributed by atoms with E-state index in [4.69, 9.17) is 0 Å². The molecule has 0 amide bonds. The normalized spacial score (nSPS) is 11.2. The van der Waals surface area contributed by atoms with Gasteiger partial charge in [-0.3, -0.25) is 10.1 Å². The van der Waals surface area contributed by atoms with Crippen molar-refractivity contribution in [3.63, 3.8) is 0 Å². The molecule has 0 saturated carbocycles. The molecule has 0 aliphatic heterocycles. The third-order valence-corrected chi connectivity index (χ3v) is 1.42. The summed E-state index contributed by atoms with van der Waals surface area (Å²) < 4.78 is 40.7. The molecule has 0 fully saturated rings. The smallest absolute Gasteiger partial charge is 0.413 e. The summed E-state index contributed by atoms with van der Waals surface area (Å²) in [5.41, 5.74) is -5.00. The van der Waals surface area contributed by atoms with Crippen LogP contribution in [0, 0.1) is 15.9 Å². The average molecular weight is 242 g/mol. The predicted octanol–water partition coefficient (Wildman–Crippen LogP) is 2.90. The highest BCUT2D eigenvalue weighted by atomic mass is 35.5. The molecule has 0 aliphatic carbocycles. The van der Waals surface area contributed by atoms with Gasteiger partial charge in [-0.05, 0) is 12.1 Å². The lowest BCUT2D eigenvalue weighted by Crippen LogP contribution is -2.16. The van der Waals surface area contributed by atoms with Crippen LogP contribution in [0.1, 0.15) is 0 Å². The molecular weight excluding hydrogens is 239 g/mol. The number of nitro groups is 1. The van der Waals surface area contributed by atoms with Crippen molar-refractivity contribution in [2.45, 2.75) is 5.57 Å². The molecule has 0 saturated heterocycles.